The molecule has 2 aliphatic rings. The lowest BCUT2D eigenvalue weighted by Gasteiger charge is -2.30. The smallest absolute Gasteiger partial charge is 0.0512 e. The summed E-state index contributed by atoms with van der Waals surface area (Å²) < 4.78 is 0. The quantitative estimate of drug-likeness (QED) is 0.202. The van der Waals surface area contributed by atoms with Gasteiger partial charge in [-0.1, -0.05) is 145 Å². The largest absolute Gasteiger partial charge is 0.354 e. The molecular weight excluding hydrogens is 591 g/mol. The zero-order valence-electron chi connectivity index (χ0n) is 30.3. The lowest BCUT2D eigenvalue weighted by molar-refractivity contribution is 0.591. The van der Waals surface area contributed by atoms with Crippen molar-refractivity contribution in [3.63, 3.8) is 0 Å². The van der Waals surface area contributed by atoms with Crippen LogP contribution in [0.4, 0.5) is 11.4 Å². The van der Waals surface area contributed by atoms with E-state index in [1.807, 2.05) is 0 Å². The van der Waals surface area contributed by atoms with Crippen LogP contribution in [0, 0.1) is 13.8 Å². The van der Waals surface area contributed by atoms with Crippen molar-refractivity contribution < 1.29 is 0 Å². The highest BCUT2D eigenvalue weighted by molar-refractivity contribution is 6.03. The number of benzene rings is 6. The van der Waals surface area contributed by atoms with E-state index in [0.717, 1.165) is 12.8 Å². The van der Waals surface area contributed by atoms with E-state index in [2.05, 4.69) is 170 Å². The third-order valence-corrected chi connectivity index (χ3v) is 11.0. The summed E-state index contributed by atoms with van der Waals surface area (Å²) in [5.41, 5.74) is 24.1. The van der Waals surface area contributed by atoms with E-state index in [9.17, 15) is 0 Å². The summed E-state index contributed by atoms with van der Waals surface area (Å²) in [6, 6.07) is 41.1. The zero-order valence-corrected chi connectivity index (χ0v) is 30.3. The minimum Gasteiger partial charge on any atom is -0.354 e. The van der Waals surface area contributed by atoms with E-state index in [4.69, 9.17) is 0 Å². The summed E-state index contributed by atoms with van der Waals surface area (Å²) in [6.45, 7) is 18.6. The lowest BCUT2D eigenvalue weighted by atomic mass is 9.76. The Morgan fingerprint density at radius 1 is 0.449 bits per heavy atom. The molecule has 1 N–H and O–H groups in total. The average Bonchev–Trinajstić information content (AvgIpc) is 3.64. The first kappa shape index (κ1) is 31.4. The fourth-order valence-electron chi connectivity index (χ4n) is 8.45. The van der Waals surface area contributed by atoms with Crippen LogP contribution in [0.1, 0.15) is 86.1 Å². The van der Waals surface area contributed by atoms with Crippen LogP contribution in [0.25, 0.3) is 44.5 Å². The fraction of sp³-hybridized carbons (Fsp3) is 0.250. The summed E-state index contributed by atoms with van der Waals surface area (Å²) in [6.07, 6.45) is 1.85. The van der Waals surface area contributed by atoms with Gasteiger partial charge in [0.25, 0.3) is 0 Å². The van der Waals surface area contributed by atoms with Gasteiger partial charge >= 0.3 is 0 Å². The Hall–Kier alpha value is -4.88. The highest BCUT2D eigenvalue weighted by Gasteiger charge is 2.32. The monoisotopic (exact) mass is 637 g/mol. The molecule has 6 aromatic rings. The normalized spacial score (nSPS) is 13.1. The molecule has 0 spiro atoms. The second-order valence-corrected chi connectivity index (χ2v) is 16.3. The van der Waals surface area contributed by atoms with Crippen molar-refractivity contribution >= 4 is 11.4 Å². The van der Waals surface area contributed by atoms with Crippen molar-refractivity contribution in [2.45, 2.75) is 79.1 Å². The van der Waals surface area contributed by atoms with Gasteiger partial charge in [-0.2, -0.15) is 0 Å². The first-order chi connectivity index (χ1) is 23.4. The van der Waals surface area contributed by atoms with Gasteiger partial charge in [0.2, 0.25) is 0 Å². The molecule has 2 aliphatic carbocycles. The maximum absolute atomic E-state index is 4.30. The summed E-state index contributed by atoms with van der Waals surface area (Å²) in [7, 11) is 0. The van der Waals surface area contributed by atoms with Gasteiger partial charge in [0.15, 0.2) is 0 Å². The number of rotatable bonds is 4. The fourth-order valence-corrected chi connectivity index (χ4v) is 8.45. The average molecular weight is 638 g/mol. The molecule has 0 heterocycles. The molecule has 244 valence electrons. The second-order valence-electron chi connectivity index (χ2n) is 16.3. The number of aryl methyl sites for hydroxylation is 1. The van der Waals surface area contributed by atoms with Crippen LogP contribution in [0.3, 0.4) is 0 Å². The second kappa shape index (κ2) is 11.3. The van der Waals surface area contributed by atoms with Gasteiger partial charge in [-0.25, -0.2) is 0 Å². The molecule has 0 fully saturated rings. The number of hydrogen-bond acceptors (Lipinski definition) is 1. The molecule has 49 heavy (non-hydrogen) atoms. The van der Waals surface area contributed by atoms with Crippen molar-refractivity contribution in [1.29, 1.82) is 0 Å². The predicted molar refractivity (Wildman–Crippen MR) is 210 cm³/mol. The van der Waals surface area contributed by atoms with Gasteiger partial charge in [-0.05, 0) is 114 Å². The molecule has 1 heteroatoms. The van der Waals surface area contributed by atoms with Gasteiger partial charge in [-0.3, -0.25) is 0 Å². The van der Waals surface area contributed by atoms with Gasteiger partial charge < -0.3 is 5.32 Å². The van der Waals surface area contributed by atoms with Gasteiger partial charge in [0, 0.05) is 24.1 Å². The molecule has 0 unspecified atom stereocenters. The number of nitrogens with one attached hydrogen (secondary N) is 1. The molecule has 0 aliphatic heterocycles. The maximum atomic E-state index is 4.30. The standard InChI is InChI=1S/C48H47N/c1-29-25-37-33-19-11-9-17-31(33)26-40(37)45(30(29)2)49-46-41-27-32-18-10-12-20-34(32)38(41)28-39(35-21-13-15-23-42(35)47(3,4)5)44(46)36-22-14-16-24-43(36)48(6,7)8/h9-25,28,49H,26-27H2,1-8H3. The maximum Gasteiger partial charge on any atom is 0.0512 e. The van der Waals surface area contributed by atoms with Crippen LogP contribution in [0.15, 0.2) is 109 Å². The highest BCUT2D eigenvalue weighted by Crippen LogP contribution is 2.54. The Morgan fingerprint density at radius 2 is 0.898 bits per heavy atom. The molecular formula is C48H47N. The third-order valence-electron chi connectivity index (χ3n) is 11.0. The van der Waals surface area contributed by atoms with Crippen molar-refractivity contribution in [3.05, 3.63) is 154 Å². The molecule has 0 atom stereocenters. The Morgan fingerprint density at radius 3 is 1.47 bits per heavy atom. The number of fused-ring (bicyclic) bond motifs is 6. The first-order valence-electron chi connectivity index (χ1n) is 17.9. The topological polar surface area (TPSA) is 12.0 Å². The van der Waals surface area contributed by atoms with Crippen LogP contribution in [-0.4, -0.2) is 0 Å². The number of hydrogen-bond donors (Lipinski definition) is 1. The van der Waals surface area contributed by atoms with E-state index in [1.54, 1.807) is 0 Å². The molecule has 0 aromatic heterocycles. The molecule has 8 rings (SSSR count). The number of anilines is 2. The Balaban J connectivity index is 1.50. The van der Waals surface area contributed by atoms with Gasteiger partial charge in [-0.15, -0.1) is 0 Å². The minimum absolute atomic E-state index is 0.0261. The van der Waals surface area contributed by atoms with Crippen LogP contribution >= 0.6 is 0 Å². The van der Waals surface area contributed by atoms with E-state index >= 15 is 0 Å². The SMILES string of the molecule is Cc1cc2c(c(Nc3c4c(cc(-c5ccccc5C(C)(C)C)c3-c3ccccc3C(C)(C)C)-c3ccccc3C4)c1C)Cc1ccccc1-2. The van der Waals surface area contributed by atoms with E-state index in [-0.39, 0.29) is 10.8 Å². The molecule has 6 aromatic carbocycles. The summed E-state index contributed by atoms with van der Waals surface area (Å²) in [4.78, 5) is 0. The predicted octanol–water partition coefficient (Wildman–Crippen LogP) is 13.1. The Bertz CT molecular complexity index is 2290. The summed E-state index contributed by atoms with van der Waals surface area (Å²) in [5.74, 6) is 0. The van der Waals surface area contributed by atoms with E-state index in [1.165, 1.54) is 100 Å². The van der Waals surface area contributed by atoms with Gasteiger partial charge in [0.05, 0.1) is 5.69 Å². The van der Waals surface area contributed by atoms with Crippen molar-refractivity contribution in [3.8, 4) is 44.5 Å². The van der Waals surface area contributed by atoms with E-state index in [0.29, 0.717) is 0 Å². The molecule has 0 amide bonds. The summed E-state index contributed by atoms with van der Waals surface area (Å²) in [5, 5.41) is 4.30. The molecule has 0 saturated carbocycles. The molecule has 0 saturated heterocycles. The molecule has 1 nitrogen and oxygen atoms in total. The Kier molecular flexibility index (Phi) is 7.27. The summed E-state index contributed by atoms with van der Waals surface area (Å²) >= 11 is 0. The van der Waals surface area contributed by atoms with Crippen molar-refractivity contribution in [2.75, 3.05) is 5.32 Å². The van der Waals surface area contributed by atoms with Crippen LogP contribution in [0.2, 0.25) is 0 Å². The van der Waals surface area contributed by atoms with Crippen LogP contribution in [-0.2, 0) is 23.7 Å². The molecule has 0 radical (unpaired) electrons. The lowest BCUT2D eigenvalue weighted by Crippen LogP contribution is -2.15. The molecule has 0 bridgehead atoms. The third kappa shape index (κ3) is 5.14. The minimum atomic E-state index is -0.0429. The van der Waals surface area contributed by atoms with Crippen LogP contribution < -0.4 is 5.32 Å². The van der Waals surface area contributed by atoms with Crippen molar-refractivity contribution in [1.82, 2.24) is 0 Å². The highest BCUT2D eigenvalue weighted by atomic mass is 14.9. The van der Waals surface area contributed by atoms with Gasteiger partial charge in [0.1, 0.15) is 0 Å². The van der Waals surface area contributed by atoms with Crippen molar-refractivity contribution in [2.24, 2.45) is 0 Å². The zero-order chi connectivity index (χ0) is 34.2. The van der Waals surface area contributed by atoms with Crippen LogP contribution in [0.5, 0.6) is 0 Å². The Labute approximate surface area is 293 Å². The first-order valence-corrected chi connectivity index (χ1v) is 17.9. The van der Waals surface area contributed by atoms with E-state index < -0.39 is 0 Å².